The summed E-state index contributed by atoms with van der Waals surface area (Å²) in [6.45, 7) is 4.46. The van der Waals surface area contributed by atoms with Crippen molar-refractivity contribution in [3.63, 3.8) is 0 Å². The van der Waals surface area contributed by atoms with E-state index in [2.05, 4.69) is 84.6 Å². The molecule has 4 heteroatoms. The lowest BCUT2D eigenvalue weighted by molar-refractivity contribution is -0.141. The third-order valence-electron chi connectivity index (χ3n) is 8.39. The van der Waals surface area contributed by atoms with Crippen molar-refractivity contribution in [3.05, 3.63) is 95.1 Å². The first-order valence-electron chi connectivity index (χ1n) is 13.2. The third kappa shape index (κ3) is 4.89. The van der Waals surface area contributed by atoms with Crippen LogP contribution in [0.15, 0.2) is 72.8 Å². The molecule has 0 bridgehead atoms. The summed E-state index contributed by atoms with van der Waals surface area (Å²) in [5.74, 6) is 2.69. The lowest BCUT2D eigenvalue weighted by Gasteiger charge is -2.40. The number of ether oxygens (including phenoxy) is 3. The van der Waals surface area contributed by atoms with Gasteiger partial charge in [0.15, 0.2) is 6.29 Å². The van der Waals surface area contributed by atoms with Crippen LogP contribution in [0.1, 0.15) is 53.9 Å². The van der Waals surface area contributed by atoms with Gasteiger partial charge in [-0.1, -0.05) is 55.5 Å². The van der Waals surface area contributed by atoms with Gasteiger partial charge in [-0.3, -0.25) is 0 Å². The lowest BCUT2D eigenvalue weighted by atomic mass is 9.64. The van der Waals surface area contributed by atoms with Gasteiger partial charge in [0.2, 0.25) is 0 Å². The fourth-order valence-corrected chi connectivity index (χ4v) is 6.57. The van der Waals surface area contributed by atoms with Gasteiger partial charge >= 0.3 is 0 Å². The van der Waals surface area contributed by atoms with Crippen molar-refractivity contribution in [1.29, 1.82) is 0 Å². The van der Waals surface area contributed by atoms with E-state index in [1.54, 1.807) is 21.3 Å². The Labute approximate surface area is 216 Å². The normalized spacial score (nSPS) is 22.5. The van der Waals surface area contributed by atoms with E-state index in [4.69, 9.17) is 14.2 Å². The Kier molecular flexibility index (Phi) is 7.64. The molecule has 5 rings (SSSR count). The molecule has 0 radical (unpaired) electrons. The molecule has 0 unspecified atom stereocenters. The van der Waals surface area contributed by atoms with E-state index in [0.717, 1.165) is 38.1 Å². The zero-order valence-corrected chi connectivity index (χ0v) is 22.0. The van der Waals surface area contributed by atoms with Crippen molar-refractivity contribution in [1.82, 2.24) is 0 Å². The van der Waals surface area contributed by atoms with Crippen LogP contribution in [0, 0.1) is 11.8 Å². The summed E-state index contributed by atoms with van der Waals surface area (Å²) in [4.78, 5) is 2.50. The maximum atomic E-state index is 5.57. The molecule has 0 N–H and O–H groups in total. The molecule has 4 nitrogen and oxygen atoms in total. The monoisotopic (exact) mass is 485 g/mol. The van der Waals surface area contributed by atoms with E-state index in [0.29, 0.717) is 23.7 Å². The van der Waals surface area contributed by atoms with E-state index >= 15 is 0 Å². The van der Waals surface area contributed by atoms with E-state index in [9.17, 15) is 0 Å². The van der Waals surface area contributed by atoms with Crippen LogP contribution in [0.25, 0.3) is 0 Å². The van der Waals surface area contributed by atoms with Gasteiger partial charge in [0.05, 0.1) is 7.11 Å². The van der Waals surface area contributed by atoms with E-state index in [1.807, 2.05) is 0 Å². The molecule has 1 fully saturated rings. The summed E-state index contributed by atoms with van der Waals surface area (Å²) in [6, 6.07) is 27.1. The molecule has 1 saturated heterocycles. The van der Waals surface area contributed by atoms with Crippen LogP contribution < -0.4 is 9.64 Å². The van der Waals surface area contributed by atoms with Crippen molar-refractivity contribution in [2.75, 3.05) is 39.3 Å². The van der Waals surface area contributed by atoms with Crippen LogP contribution in [0.2, 0.25) is 0 Å². The Morgan fingerprint density at radius 1 is 0.806 bits per heavy atom. The minimum Gasteiger partial charge on any atom is -0.497 e. The summed E-state index contributed by atoms with van der Waals surface area (Å²) in [5.41, 5.74) is 6.96. The topological polar surface area (TPSA) is 30.9 Å². The summed E-state index contributed by atoms with van der Waals surface area (Å²) < 4.78 is 16.6. The van der Waals surface area contributed by atoms with Crippen molar-refractivity contribution < 1.29 is 14.2 Å². The fourth-order valence-electron chi connectivity index (χ4n) is 6.57. The van der Waals surface area contributed by atoms with Crippen LogP contribution in [0.4, 0.5) is 5.69 Å². The van der Waals surface area contributed by atoms with Crippen molar-refractivity contribution in [3.8, 4) is 5.75 Å². The van der Waals surface area contributed by atoms with Gasteiger partial charge in [-0.25, -0.2) is 0 Å². The molecule has 1 aliphatic carbocycles. The van der Waals surface area contributed by atoms with Gasteiger partial charge in [-0.2, -0.15) is 0 Å². The van der Waals surface area contributed by atoms with Gasteiger partial charge in [-0.15, -0.1) is 0 Å². The summed E-state index contributed by atoms with van der Waals surface area (Å²) in [6.07, 6.45) is 3.13. The Morgan fingerprint density at radius 2 is 1.50 bits per heavy atom. The number of hydrogen-bond acceptors (Lipinski definition) is 4. The fraction of sp³-hybridized carbons (Fsp3) is 0.438. The van der Waals surface area contributed by atoms with E-state index in [1.165, 1.54) is 27.9 Å². The molecule has 0 spiro atoms. The minimum absolute atomic E-state index is 0.101. The number of benzene rings is 3. The van der Waals surface area contributed by atoms with Crippen molar-refractivity contribution in [2.45, 2.75) is 44.3 Å². The number of anilines is 1. The Hall–Kier alpha value is -2.82. The second kappa shape index (κ2) is 11.1. The SMILES string of the molecule is COc1ccc2c(c1)C[C@H](C)[C@@H](c1ccccc1)[C@H]2c1ccc(N2CCC(C(OC)OC)CC2)cc1. The molecule has 2 aliphatic rings. The number of fused-ring (bicyclic) bond motifs is 1. The number of hydrogen-bond donors (Lipinski definition) is 0. The smallest absolute Gasteiger partial charge is 0.159 e. The highest BCUT2D eigenvalue weighted by atomic mass is 16.7. The first-order valence-corrected chi connectivity index (χ1v) is 13.2. The van der Waals surface area contributed by atoms with Gasteiger partial charge < -0.3 is 19.1 Å². The molecule has 0 aromatic heterocycles. The van der Waals surface area contributed by atoms with Crippen LogP contribution in [-0.2, 0) is 15.9 Å². The second-order valence-corrected chi connectivity index (χ2v) is 10.4. The largest absolute Gasteiger partial charge is 0.497 e. The van der Waals surface area contributed by atoms with Crippen LogP contribution in [-0.4, -0.2) is 40.7 Å². The molecule has 3 aromatic carbocycles. The third-order valence-corrected chi connectivity index (χ3v) is 8.39. The number of nitrogens with zero attached hydrogens (tertiary/aromatic N) is 1. The minimum atomic E-state index is -0.101. The molecule has 1 aliphatic heterocycles. The average molecular weight is 486 g/mol. The molecule has 3 atom stereocenters. The molecule has 0 saturated carbocycles. The molecule has 190 valence electrons. The summed E-state index contributed by atoms with van der Waals surface area (Å²) in [7, 11) is 5.23. The first kappa shape index (κ1) is 24.9. The molecular weight excluding hydrogens is 446 g/mol. The second-order valence-electron chi connectivity index (χ2n) is 10.4. The predicted octanol–water partition coefficient (Wildman–Crippen LogP) is 6.64. The van der Waals surface area contributed by atoms with Gasteiger partial charge in [0.1, 0.15) is 5.75 Å². The molecular formula is C32H39NO3. The maximum absolute atomic E-state index is 5.57. The highest BCUT2D eigenvalue weighted by molar-refractivity contribution is 5.53. The quantitative estimate of drug-likeness (QED) is 0.351. The van der Waals surface area contributed by atoms with Gasteiger partial charge in [0.25, 0.3) is 0 Å². The van der Waals surface area contributed by atoms with Crippen LogP contribution >= 0.6 is 0 Å². The summed E-state index contributed by atoms with van der Waals surface area (Å²) >= 11 is 0. The maximum Gasteiger partial charge on any atom is 0.159 e. The highest BCUT2D eigenvalue weighted by Gasteiger charge is 2.37. The predicted molar refractivity (Wildman–Crippen MR) is 146 cm³/mol. The Bertz CT molecular complexity index is 1120. The number of piperidine rings is 1. The molecule has 36 heavy (non-hydrogen) atoms. The average Bonchev–Trinajstić information content (AvgIpc) is 2.93. The molecule has 0 amide bonds. The van der Waals surface area contributed by atoms with Gasteiger partial charge in [0, 0.05) is 44.8 Å². The molecule has 3 aromatic rings. The van der Waals surface area contributed by atoms with Crippen molar-refractivity contribution in [2.24, 2.45) is 11.8 Å². The highest BCUT2D eigenvalue weighted by Crippen LogP contribution is 2.49. The van der Waals surface area contributed by atoms with Crippen LogP contribution in [0.5, 0.6) is 5.75 Å². The lowest BCUT2D eigenvalue weighted by Crippen LogP contribution is -2.39. The van der Waals surface area contributed by atoms with Crippen LogP contribution in [0.3, 0.4) is 0 Å². The zero-order chi connectivity index (χ0) is 25.1. The first-order chi connectivity index (χ1) is 17.6. The summed E-state index contributed by atoms with van der Waals surface area (Å²) in [5, 5.41) is 0. The van der Waals surface area contributed by atoms with E-state index < -0.39 is 0 Å². The van der Waals surface area contributed by atoms with E-state index in [-0.39, 0.29) is 6.29 Å². The zero-order valence-electron chi connectivity index (χ0n) is 22.0. The Balaban J connectivity index is 1.43. The standard InChI is InChI=1S/C32H39NO3/c1-22-20-26-21-28(34-2)14-15-29(26)31(30(22)23-8-6-5-7-9-23)24-10-12-27(13-11-24)33-18-16-25(17-19-33)32(35-3)36-4/h5-15,21-22,25,30-32H,16-20H2,1-4H3/t22-,30-,31-/m0/s1. The molecule has 1 heterocycles. The number of methoxy groups -OCH3 is 3. The van der Waals surface area contributed by atoms with Gasteiger partial charge in [-0.05, 0) is 77.6 Å². The number of rotatable bonds is 7. The Morgan fingerprint density at radius 3 is 2.14 bits per heavy atom. The van der Waals surface area contributed by atoms with Crippen molar-refractivity contribution >= 4 is 5.69 Å².